The molecule has 4 nitrogen and oxygen atoms in total. The minimum absolute atomic E-state index is 0.0238. The van der Waals surface area contributed by atoms with Crippen molar-refractivity contribution in [2.45, 2.75) is 32.8 Å². The van der Waals surface area contributed by atoms with Gasteiger partial charge in [-0.25, -0.2) is 4.79 Å². The average molecular weight is 235 g/mol. The van der Waals surface area contributed by atoms with Crippen LogP contribution in [-0.4, -0.2) is 24.5 Å². The second-order valence-electron chi connectivity index (χ2n) is 3.42. The normalized spacial score (nSPS) is 10.6. The molecule has 0 fully saturated rings. The largest absolute Gasteiger partial charge is 0.457 e. The Kier molecular flexibility index (Phi) is 7.25. The average Bonchev–Trinajstić information content (AvgIpc) is 2.33. The molecule has 0 radical (unpaired) electrons. The number of ether oxygens (including phenoxy) is 1. The lowest BCUT2D eigenvalue weighted by atomic mass is 10.2. The van der Waals surface area contributed by atoms with Gasteiger partial charge in [-0.2, -0.15) is 0 Å². The number of hydrogen-bond donors (Lipinski definition) is 1. The number of nitrogens with one attached hydrogen (secondary N) is 1. The molecule has 0 aliphatic heterocycles. The second-order valence-corrected chi connectivity index (χ2v) is 3.42. The van der Waals surface area contributed by atoms with Gasteiger partial charge in [-0.05, 0) is 13.3 Å². The third-order valence-electron chi connectivity index (χ3n) is 2.09. The lowest BCUT2D eigenvalue weighted by Crippen LogP contribution is -2.34. The quantitative estimate of drug-likeness (QED) is 0.325. The van der Waals surface area contributed by atoms with Crippen LogP contribution in [0.1, 0.15) is 26.7 Å². The first-order valence-electron chi connectivity index (χ1n) is 5.32. The first-order chi connectivity index (χ1) is 8.04. The van der Waals surface area contributed by atoms with Gasteiger partial charge >= 0.3 is 5.97 Å². The molecule has 17 heavy (non-hydrogen) atoms. The first-order valence-corrected chi connectivity index (χ1v) is 5.32. The van der Waals surface area contributed by atoms with Crippen molar-refractivity contribution in [3.63, 3.8) is 0 Å². The van der Waals surface area contributed by atoms with Gasteiger partial charge in [0.2, 0.25) is 5.91 Å². The van der Waals surface area contributed by atoms with Crippen molar-refractivity contribution in [3.05, 3.63) is 17.9 Å². The van der Waals surface area contributed by atoms with Gasteiger partial charge in [0, 0.05) is 0 Å². The van der Waals surface area contributed by atoms with E-state index in [1.165, 1.54) is 0 Å². The van der Waals surface area contributed by atoms with Crippen LogP contribution in [0.15, 0.2) is 17.9 Å². The molecule has 0 saturated carbocycles. The molecule has 1 N–H and O–H groups in total. The van der Waals surface area contributed by atoms with Gasteiger partial charge in [0.25, 0.3) is 0 Å². The minimum Gasteiger partial charge on any atom is -0.457 e. The van der Waals surface area contributed by atoms with Gasteiger partial charge < -0.3 is 10.1 Å². The van der Waals surface area contributed by atoms with Gasteiger partial charge in [0.15, 0.2) is 0 Å². The van der Waals surface area contributed by atoms with Crippen LogP contribution in [0.3, 0.4) is 0 Å². The summed E-state index contributed by atoms with van der Waals surface area (Å²) in [5, 5.41) is 2.59. The molecule has 0 aliphatic carbocycles. The van der Waals surface area contributed by atoms with Gasteiger partial charge in [0.1, 0.15) is 6.10 Å². The molecule has 0 saturated heterocycles. The van der Waals surface area contributed by atoms with Gasteiger partial charge in [-0.15, -0.1) is 12.2 Å². The van der Waals surface area contributed by atoms with Crippen LogP contribution in [0.2, 0.25) is 0 Å². The minimum atomic E-state index is -0.474. The molecule has 1 amide bonds. The molecule has 4 heteroatoms. The van der Waals surface area contributed by atoms with Crippen molar-refractivity contribution < 1.29 is 14.3 Å². The van der Waals surface area contributed by atoms with E-state index in [2.05, 4.69) is 23.5 Å². The summed E-state index contributed by atoms with van der Waals surface area (Å²) in [7, 11) is 0. The van der Waals surface area contributed by atoms with Crippen molar-refractivity contribution in [2.24, 2.45) is 0 Å². The maximum atomic E-state index is 11.4. The van der Waals surface area contributed by atoms with Crippen LogP contribution in [0.5, 0.6) is 0 Å². The number of esters is 1. The Labute approximate surface area is 102 Å². The summed E-state index contributed by atoms with van der Waals surface area (Å²) >= 11 is 0. The third-order valence-corrected chi connectivity index (χ3v) is 2.09. The predicted octanol–water partition coefficient (Wildman–Crippen LogP) is 1.18. The highest BCUT2D eigenvalue weighted by Crippen LogP contribution is 2.02. The van der Waals surface area contributed by atoms with E-state index < -0.39 is 5.97 Å². The molecule has 0 aromatic rings. The molecule has 0 bridgehead atoms. The van der Waals surface area contributed by atoms with E-state index in [1.54, 1.807) is 6.92 Å². The zero-order valence-corrected chi connectivity index (χ0v) is 10.2. The molecule has 92 valence electrons. The van der Waals surface area contributed by atoms with Crippen molar-refractivity contribution in [1.82, 2.24) is 5.32 Å². The smallest absolute Gasteiger partial charge is 0.341 e. The highest BCUT2D eigenvalue weighted by atomic mass is 16.5. The van der Waals surface area contributed by atoms with E-state index >= 15 is 0 Å². The van der Waals surface area contributed by atoms with Gasteiger partial charge in [0.05, 0.1) is 18.5 Å². The van der Waals surface area contributed by atoms with Crippen molar-refractivity contribution in [2.75, 3.05) is 6.54 Å². The Hall–Kier alpha value is -1.98. The van der Waals surface area contributed by atoms with Crippen LogP contribution in [-0.2, 0) is 14.3 Å². The maximum absolute atomic E-state index is 11.4. The van der Waals surface area contributed by atoms with Crippen molar-refractivity contribution >= 4 is 11.9 Å². The molecule has 0 spiro atoms. The topological polar surface area (TPSA) is 55.4 Å². The van der Waals surface area contributed by atoms with Crippen LogP contribution < -0.4 is 5.32 Å². The number of hydrogen-bond acceptors (Lipinski definition) is 3. The Morgan fingerprint density at radius 3 is 2.65 bits per heavy atom. The summed E-state index contributed by atoms with van der Waals surface area (Å²) in [5.74, 6) is 1.51. The third kappa shape index (κ3) is 6.24. The Balaban J connectivity index is 4.18. The number of carbonyl (C=O) groups excluding carboxylic acids is 2. The molecular formula is C13H17NO3. The van der Waals surface area contributed by atoms with E-state index in [4.69, 9.17) is 11.2 Å². The molecule has 0 rings (SSSR count). The van der Waals surface area contributed by atoms with E-state index in [0.717, 1.165) is 0 Å². The van der Waals surface area contributed by atoms with E-state index in [9.17, 15) is 9.59 Å². The fourth-order valence-electron chi connectivity index (χ4n) is 0.964. The first kappa shape index (κ1) is 15.0. The predicted molar refractivity (Wildman–Crippen MR) is 65.0 cm³/mol. The highest BCUT2D eigenvalue weighted by molar-refractivity contribution is 5.87. The second kappa shape index (κ2) is 8.20. The van der Waals surface area contributed by atoms with Crippen molar-refractivity contribution in [1.29, 1.82) is 0 Å². The lowest BCUT2D eigenvalue weighted by molar-refractivity contribution is -0.144. The molecule has 0 heterocycles. The fraction of sp³-hybridized carbons (Fsp3) is 0.462. The molecular weight excluding hydrogens is 218 g/mol. The van der Waals surface area contributed by atoms with Crippen LogP contribution >= 0.6 is 0 Å². The van der Waals surface area contributed by atoms with E-state index in [1.807, 2.05) is 6.92 Å². The number of carbonyl (C=O) groups is 2. The van der Waals surface area contributed by atoms with Gasteiger partial charge in [-0.3, -0.25) is 4.79 Å². The number of rotatable bonds is 6. The summed E-state index contributed by atoms with van der Waals surface area (Å²) in [6, 6.07) is 0. The van der Waals surface area contributed by atoms with E-state index in [-0.39, 0.29) is 25.0 Å². The lowest BCUT2D eigenvalue weighted by Gasteiger charge is -2.16. The SMILES string of the molecule is C#CCC(=O)NCC(CC)OC(=O)C(C)=C=C. The number of terminal acetylenes is 1. The van der Waals surface area contributed by atoms with Crippen LogP contribution in [0, 0.1) is 12.3 Å². The van der Waals surface area contributed by atoms with Crippen molar-refractivity contribution in [3.8, 4) is 12.3 Å². The van der Waals surface area contributed by atoms with Gasteiger partial charge in [-0.1, -0.05) is 19.4 Å². The number of amides is 1. The Morgan fingerprint density at radius 2 is 2.18 bits per heavy atom. The summed E-state index contributed by atoms with van der Waals surface area (Å²) in [5.41, 5.74) is 2.78. The van der Waals surface area contributed by atoms with Crippen LogP contribution in [0.4, 0.5) is 0 Å². The molecule has 0 aromatic carbocycles. The monoisotopic (exact) mass is 235 g/mol. The summed E-state index contributed by atoms with van der Waals surface area (Å²) in [6.07, 6.45) is 5.25. The fourth-order valence-corrected chi connectivity index (χ4v) is 0.964. The zero-order valence-electron chi connectivity index (χ0n) is 10.2. The van der Waals surface area contributed by atoms with E-state index in [0.29, 0.717) is 12.0 Å². The zero-order chi connectivity index (χ0) is 13.3. The summed E-state index contributed by atoms with van der Waals surface area (Å²) in [4.78, 5) is 22.5. The maximum Gasteiger partial charge on any atom is 0.341 e. The Morgan fingerprint density at radius 1 is 1.53 bits per heavy atom. The Bertz CT molecular complexity index is 373. The molecule has 1 unspecified atom stereocenters. The molecule has 0 aromatic heterocycles. The summed E-state index contributed by atoms with van der Waals surface area (Å²) in [6.45, 7) is 7.04. The summed E-state index contributed by atoms with van der Waals surface area (Å²) < 4.78 is 5.14. The molecule has 0 aliphatic rings. The molecule has 1 atom stereocenters. The standard InChI is InChI=1S/C13H17NO3/c1-5-8-12(15)14-9-11(7-3)17-13(16)10(4)6-2/h1,11H,2,7-9H2,3-4H3,(H,14,15). The van der Waals surface area contributed by atoms with Crippen LogP contribution in [0.25, 0.3) is 0 Å². The highest BCUT2D eigenvalue weighted by Gasteiger charge is 2.14.